The minimum atomic E-state index is -0.243. The maximum atomic E-state index is 13.9. The summed E-state index contributed by atoms with van der Waals surface area (Å²) < 4.78 is 19.8. The van der Waals surface area contributed by atoms with E-state index in [0.717, 1.165) is 12.3 Å². The Morgan fingerprint density at radius 3 is 2.43 bits per heavy atom. The van der Waals surface area contributed by atoms with Crippen LogP contribution in [0.2, 0.25) is 0 Å². The second-order valence-corrected chi connectivity index (χ2v) is 5.32. The van der Waals surface area contributed by atoms with Crippen LogP contribution < -0.4 is 10.1 Å². The quantitative estimate of drug-likeness (QED) is 0.820. The van der Waals surface area contributed by atoms with E-state index in [0.29, 0.717) is 23.8 Å². The van der Waals surface area contributed by atoms with E-state index in [1.54, 1.807) is 12.1 Å². The summed E-state index contributed by atoms with van der Waals surface area (Å²) in [5.41, 5.74) is 1.82. The molecule has 0 spiro atoms. The van der Waals surface area contributed by atoms with Crippen LogP contribution in [0.5, 0.6) is 11.5 Å². The molecule has 2 aromatic carbocycles. The van der Waals surface area contributed by atoms with Crippen LogP contribution in [-0.4, -0.2) is 6.54 Å². The van der Waals surface area contributed by atoms with Gasteiger partial charge in [0.1, 0.15) is 17.3 Å². The molecule has 21 heavy (non-hydrogen) atoms. The lowest BCUT2D eigenvalue weighted by Crippen LogP contribution is -2.13. The Kier molecular flexibility index (Phi) is 5.34. The standard InChI is InChI=1S/C18H22FNO/c1-4-20-12-16-17(19)6-5-7-18(16)21-15-10-8-14(9-11-15)13(2)3/h5-11,13,20H,4,12H2,1-3H3. The highest BCUT2D eigenvalue weighted by Crippen LogP contribution is 2.28. The van der Waals surface area contributed by atoms with Crippen LogP contribution in [0, 0.1) is 5.82 Å². The summed E-state index contributed by atoms with van der Waals surface area (Å²) >= 11 is 0. The van der Waals surface area contributed by atoms with Crippen LogP contribution in [0.1, 0.15) is 37.8 Å². The molecule has 2 rings (SSSR count). The predicted molar refractivity (Wildman–Crippen MR) is 84.4 cm³/mol. The van der Waals surface area contributed by atoms with Gasteiger partial charge in [0, 0.05) is 12.1 Å². The van der Waals surface area contributed by atoms with Crippen molar-refractivity contribution in [1.82, 2.24) is 5.32 Å². The Bertz CT molecular complexity index is 578. The smallest absolute Gasteiger partial charge is 0.134 e. The van der Waals surface area contributed by atoms with E-state index in [2.05, 4.69) is 19.2 Å². The van der Waals surface area contributed by atoms with Crippen molar-refractivity contribution in [3.8, 4) is 11.5 Å². The maximum absolute atomic E-state index is 13.9. The second-order valence-electron chi connectivity index (χ2n) is 5.32. The largest absolute Gasteiger partial charge is 0.457 e. The van der Waals surface area contributed by atoms with E-state index in [4.69, 9.17) is 4.74 Å². The van der Waals surface area contributed by atoms with Crippen LogP contribution in [0.15, 0.2) is 42.5 Å². The molecular formula is C18H22FNO. The number of halogens is 1. The number of hydrogen-bond donors (Lipinski definition) is 1. The van der Waals surface area contributed by atoms with Gasteiger partial charge in [-0.05, 0) is 42.3 Å². The van der Waals surface area contributed by atoms with Crippen molar-refractivity contribution < 1.29 is 9.13 Å². The van der Waals surface area contributed by atoms with Gasteiger partial charge in [-0.1, -0.05) is 39.0 Å². The van der Waals surface area contributed by atoms with Gasteiger partial charge in [-0.25, -0.2) is 4.39 Å². The topological polar surface area (TPSA) is 21.3 Å². The molecule has 0 atom stereocenters. The Morgan fingerprint density at radius 1 is 1.10 bits per heavy atom. The third-order valence-corrected chi connectivity index (χ3v) is 3.40. The predicted octanol–water partition coefficient (Wildman–Crippen LogP) is 4.85. The lowest BCUT2D eigenvalue weighted by molar-refractivity contribution is 0.462. The number of benzene rings is 2. The van der Waals surface area contributed by atoms with Crippen LogP contribution >= 0.6 is 0 Å². The molecular weight excluding hydrogens is 265 g/mol. The van der Waals surface area contributed by atoms with Gasteiger partial charge in [-0.2, -0.15) is 0 Å². The summed E-state index contributed by atoms with van der Waals surface area (Å²) in [5, 5.41) is 3.14. The van der Waals surface area contributed by atoms with Gasteiger partial charge >= 0.3 is 0 Å². The minimum Gasteiger partial charge on any atom is -0.457 e. The van der Waals surface area contributed by atoms with Crippen molar-refractivity contribution in [3.63, 3.8) is 0 Å². The SMILES string of the molecule is CCNCc1c(F)cccc1Oc1ccc(C(C)C)cc1. The third kappa shape index (κ3) is 4.05. The zero-order chi connectivity index (χ0) is 15.2. The van der Waals surface area contributed by atoms with E-state index in [-0.39, 0.29) is 5.82 Å². The first kappa shape index (κ1) is 15.5. The van der Waals surface area contributed by atoms with E-state index in [9.17, 15) is 4.39 Å². The molecule has 0 unspecified atom stereocenters. The molecule has 0 aliphatic carbocycles. The van der Waals surface area contributed by atoms with E-state index in [1.165, 1.54) is 11.6 Å². The molecule has 0 saturated heterocycles. The summed E-state index contributed by atoms with van der Waals surface area (Å²) in [7, 11) is 0. The molecule has 2 aromatic rings. The van der Waals surface area contributed by atoms with Crippen molar-refractivity contribution in [3.05, 3.63) is 59.4 Å². The van der Waals surface area contributed by atoms with Crippen LogP contribution in [0.4, 0.5) is 4.39 Å². The maximum Gasteiger partial charge on any atom is 0.134 e. The van der Waals surface area contributed by atoms with Crippen molar-refractivity contribution in [1.29, 1.82) is 0 Å². The molecule has 0 aromatic heterocycles. The molecule has 0 fully saturated rings. The van der Waals surface area contributed by atoms with Gasteiger partial charge in [0.2, 0.25) is 0 Å². The van der Waals surface area contributed by atoms with Crippen molar-refractivity contribution >= 4 is 0 Å². The second kappa shape index (κ2) is 7.23. The fourth-order valence-corrected chi connectivity index (χ4v) is 2.10. The fourth-order valence-electron chi connectivity index (χ4n) is 2.10. The zero-order valence-corrected chi connectivity index (χ0v) is 12.8. The number of rotatable bonds is 6. The summed E-state index contributed by atoms with van der Waals surface area (Å²) in [6, 6.07) is 12.9. The molecule has 0 heterocycles. The Labute approximate surface area is 126 Å². The first-order valence-corrected chi connectivity index (χ1v) is 7.37. The highest BCUT2D eigenvalue weighted by molar-refractivity contribution is 5.39. The van der Waals surface area contributed by atoms with Crippen LogP contribution in [0.3, 0.4) is 0 Å². The average Bonchev–Trinajstić information content (AvgIpc) is 2.47. The molecule has 0 saturated carbocycles. The van der Waals surface area contributed by atoms with Gasteiger partial charge < -0.3 is 10.1 Å². The molecule has 2 nitrogen and oxygen atoms in total. The zero-order valence-electron chi connectivity index (χ0n) is 12.8. The summed E-state index contributed by atoms with van der Waals surface area (Å²) in [6.07, 6.45) is 0. The lowest BCUT2D eigenvalue weighted by Gasteiger charge is -2.13. The Hall–Kier alpha value is -1.87. The molecule has 0 aliphatic rings. The number of hydrogen-bond acceptors (Lipinski definition) is 2. The highest BCUT2D eigenvalue weighted by atomic mass is 19.1. The van der Waals surface area contributed by atoms with Gasteiger partial charge in [0.25, 0.3) is 0 Å². The van der Waals surface area contributed by atoms with E-state index < -0.39 is 0 Å². The minimum absolute atomic E-state index is 0.243. The van der Waals surface area contributed by atoms with Gasteiger partial charge in [0.15, 0.2) is 0 Å². The van der Waals surface area contributed by atoms with Gasteiger partial charge in [-0.3, -0.25) is 0 Å². The molecule has 1 N–H and O–H groups in total. The normalized spacial score (nSPS) is 10.9. The Balaban J connectivity index is 2.20. The number of ether oxygens (including phenoxy) is 1. The third-order valence-electron chi connectivity index (χ3n) is 3.40. The average molecular weight is 287 g/mol. The summed E-state index contributed by atoms with van der Waals surface area (Å²) in [6.45, 7) is 7.54. The molecule has 0 aliphatic heterocycles. The van der Waals surface area contributed by atoms with Crippen molar-refractivity contribution in [2.24, 2.45) is 0 Å². The molecule has 0 amide bonds. The van der Waals surface area contributed by atoms with Gasteiger partial charge in [0.05, 0.1) is 0 Å². The lowest BCUT2D eigenvalue weighted by atomic mass is 10.0. The fraction of sp³-hybridized carbons (Fsp3) is 0.333. The Morgan fingerprint density at radius 2 is 1.81 bits per heavy atom. The van der Waals surface area contributed by atoms with Crippen molar-refractivity contribution in [2.75, 3.05) is 6.54 Å². The molecule has 0 bridgehead atoms. The number of nitrogens with one attached hydrogen (secondary N) is 1. The molecule has 112 valence electrons. The first-order chi connectivity index (χ1) is 10.1. The monoisotopic (exact) mass is 287 g/mol. The van der Waals surface area contributed by atoms with Gasteiger partial charge in [-0.15, -0.1) is 0 Å². The first-order valence-electron chi connectivity index (χ1n) is 7.37. The summed E-state index contributed by atoms with van der Waals surface area (Å²) in [4.78, 5) is 0. The van der Waals surface area contributed by atoms with Crippen LogP contribution in [0.25, 0.3) is 0 Å². The van der Waals surface area contributed by atoms with E-state index >= 15 is 0 Å². The molecule has 3 heteroatoms. The van der Waals surface area contributed by atoms with Crippen LogP contribution in [-0.2, 0) is 6.54 Å². The summed E-state index contributed by atoms with van der Waals surface area (Å²) in [5.74, 6) is 1.53. The van der Waals surface area contributed by atoms with E-state index in [1.807, 2.05) is 31.2 Å². The van der Waals surface area contributed by atoms with Crippen molar-refractivity contribution in [2.45, 2.75) is 33.2 Å². The highest BCUT2D eigenvalue weighted by Gasteiger charge is 2.10. The molecule has 0 radical (unpaired) electrons.